The molecule has 5 heteroatoms. The van der Waals surface area contributed by atoms with Gasteiger partial charge >= 0.3 is 0 Å². The molecule has 1 atom stereocenters. The highest BCUT2D eigenvalue weighted by Crippen LogP contribution is 2.21. The van der Waals surface area contributed by atoms with Crippen LogP contribution in [0.15, 0.2) is 18.3 Å². The average Bonchev–Trinajstić information content (AvgIpc) is 2.47. The maximum Gasteiger partial charge on any atom is 0.241 e. The molecule has 1 unspecified atom stereocenters. The number of hydrogen-bond acceptors (Lipinski definition) is 4. The standard InChI is InChI=1S/C16H26N4O/c1-16(2,3)14(17)15(21)19-12-7-8-13(18-11-12)20-9-5-4-6-10-20/h7-8,11,14H,4-6,9-10,17H2,1-3H3,(H,19,21). The van der Waals surface area contributed by atoms with Crippen LogP contribution in [0.4, 0.5) is 11.5 Å². The molecule has 1 amide bonds. The first-order valence-corrected chi connectivity index (χ1v) is 7.65. The van der Waals surface area contributed by atoms with Crippen LogP contribution in [0.3, 0.4) is 0 Å². The number of carbonyl (C=O) groups excluding carboxylic acids is 1. The normalized spacial score (nSPS) is 17.4. The summed E-state index contributed by atoms with van der Waals surface area (Å²) in [5.74, 6) is 0.808. The molecule has 5 nitrogen and oxygen atoms in total. The van der Waals surface area contributed by atoms with Gasteiger partial charge in [-0.3, -0.25) is 4.79 Å². The van der Waals surface area contributed by atoms with E-state index in [-0.39, 0.29) is 11.3 Å². The molecule has 3 N–H and O–H groups in total. The van der Waals surface area contributed by atoms with Crippen molar-refractivity contribution >= 4 is 17.4 Å². The van der Waals surface area contributed by atoms with Gasteiger partial charge in [0.05, 0.1) is 17.9 Å². The predicted molar refractivity (Wildman–Crippen MR) is 86.4 cm³/mol. The van der Waals surface area contributed by atoms with Crippen molar-refractivity contribution in [3.05, 3.63) is 18.3 Å². The predicted octanol–water partition coefficient (Wildman–Crippen LogP) is 2.38. The lowest BCUT2D eigenvalue weighted by Gasteiger charge is -2.28. The van der Waals surface area contributed by atoms with Crippen LogP contribution < -0.4 is 16.0 Å². The fraction of sp³-hybridized carbons (Fsp3) is 0.625. The Bertz CT molecular complexity index is 472. The fourth-order valence-corrected chi connectivity index (χ4v) is 2.38. The first kappa shape index (κ1) is 15.8. The summed E-state index contributed by atoms with van der Waals surface area (Å²) in [6, 6.07) is 3.31. The minimum atomic E-state index is -0.542. The summed E-state index contributed by atoms with van der Waals surface area (Å²) in [4.78, 5) is 18.8. The Kier molecular flexibility index (Phi) is 4.83. The molecule has 116 valence electrons. The second-order valence-corrected chi connectivity index (χ2v) is 6.79. The number of carbonyl (C=O) groups is 1. The summed E-state index contributed by atoms with van der Waals surface area (Å²) >= 11 is 0. The fourth-order valence-electron chi connectivity index (χ4n) is 2.38. The third-order valence-corrected chi connectivity index (χ3v) is 3.91. The van der Waals surface area contributed by atoms with Crippen LogP contribution in [0.5, 0.6) is 0 Å². The number of pyridine rings is 1. The van der Waals surface area contributed by atoms with E-state index in [0.29, 0.717) is 5.69 Å². The van der Waals surface area contributed by atoms with E-state index in [4.69, 9.17) is 5.73 Å². The van der Waals surface area contributed by atoms with Crippen molar-refractivity contribution in [1.82, 2.24) is 4.98 Å². The summed E-state index contributed by atoms with van der Waals surface area (Å²) in [6.45, 7) is 7.99. The molecule has 1 aromatic rings. The highest BCUT2D eigenvalue weighted by atomic mass is 16.2. The monoisotopic (exact) mass is 290 g/mol. The smallest absolute Gasteiger partial charge is 0.241 e. The molecule has 2 rings (SSSR count). The van der Waals surface area contributed by atoms with Crippen LogP contribution in [0.1, 0.15) is 40.0 Å². The van der Waals surface area contributed by atoms with Gasteiger partial charge in [0.2, 0.25) is 5.91 Å². The molecule has 1 saturated heterocycles. The van der Waals surface area contributed by atoms with Gasteiger partial charge in [0.15, 0.2) is 0 Å². The van der Waals surface area contributed by atoms with Crippen molar-refractivity contribution in [1.29, 1.82) is 0 Å². The lowest BCUT2D eigenvalue weighted by Crippen LogP contribution is -2.45. The van der Waals surface area contributed by atoms with E-state index in [0.717, 1.165) is 18.9 Å². The number of hydrogen-bond donors (Lipinski definition) is 2. The van der Waals surface area contributed by atoms with Crippen molar-refractivity contribution in [2.75, 3.05) is 23.3 Å². The van der Waals surface area contributed by atoms with E-state index in [9.17, 15) is 4.79 Å². The lowest BCUT2D eigenvalue weighted by molar-refractivity contribution is -0.119. The van der Waals surface area contributed by atoms with Gasteiger partial charge in [-0.1, -0.05) is 20.8 Å². The molecule has 0 spiro atoms. The quantitative estimate of drug-likeness (QED) is 0.896. The summed E-state index contributed by atoms with van der Waals surface area (Å²) in [5.41, 5.74) is 6.38. The van der Waals surface area contributed by atoms with Crippen molar-refractivity contribution in [2.24, 2.45) is 11.1 Å². The zero-order chi connectivity index (χ0) is 15.5. The average molecular weight is 290 g/mol. The second-order valence-electron chi connectivity index (χ2n) is 6.79. The molecule has 0 bridgehead atoms. The van der Waals surface area contributed by atoms with Crippen LogP contribution in [-0.4, -0.2) is 30.0 Å². The van der Waals surface area contributed by atoms with Crippen molar-refractivity contribution in [3.8, 4) is 0 Å². The molecular formula is C16H26N4O. The summed E-state index contributed by atoms with van der Waals surface area (Å²) in [6.07, 6.45) is 5.45. The number of aromatic nitrogens is 1. The van der Waals surface area contributed by atoms with E-state index in [1.54, 1.807) is 6.20 Å². The van der Waals surface area contributed by atoms with E-state index in [1.807, 2.05) is 32.9 Å². The number of nitrogens with one attached hydrogen (secondary N) is 1. The topological polar surface area (TPSA) is 71.2 Å². The van der Waals surface area contributed by atoms with Crippen LogP contribution >= 0.6 is 0 Å². The Labute approximate surface area is 126 Å². The molecule has 1 aromatic heterocycles. The Morgan fingerprint density at radius 3 is 2.48 bits per heavy atom. The number of piperidine rings is 1. The van der Waals surface area contributed by atoms with Gasteiger partial charge in [0.1, 0.15) is 5.82 Å². The van der Waals surface area contributed by atoms with E-state index in [1.165, 1.54) is 19.3 Å². The Morgan fingerprint density at radius 2 is 1.95 bits per heavy atom. The Hall–Kier alpha value is -1.62. The van der Waals surface area contributed by atoms with Gasteiger partial charge in [-0.25, -0.2) is 4.98 Å². The van der Waals surface area contributed by atoms with Crippen molar-refractivity contribution in [2.45, 2.75) is 46.1 Å². The first-order valence-electron chi connectivity index (χ1n) is 7.65. The van der Waals surface area contributed by atoms with Crippen LogP contribution in [0, 0.1) is 5.41 Å². The highest BCUT2D eigenvalue weighted by molar-refractivity contribution is 5.95. The molecule has 0 aromatic carbocycles. The van der Waals surface area contributed by atoms with Crippen LogP contribution in [-0.2, 0) is 4.79 Å². The Balaban J connectivity index is 1.97. The molecule has 1 fully saturated rings. The van der Waals surface area contributed by atoms with Crippen LogP contribution in [0.2, 0.25) is 0 Å². The molecule has 21 heavy (non-hydrogen) atoms. The van der Waals surface area contributed by atoms with E-state index < -0.39 is 6.04 Å². The molecule has 0 aliphatic carbocycles. The maximum absolute atomic E-state index is 12.1. The number of rotatable bonds is 3. The Morgan fingerprint density at radius 1 is 1.29 bits per heavy atom. The minimum Gasteiger partial charge on any atom is -0.357 e. The lowest BCUT2D eigenvalue weighted by atomic mass is 9.87. The van der Waals surface area contributed by atoms with E-state index in [2.05, 4.69) is 15.2 Å². The SMILES string of the molecule is CC(C)(C)C(N)C(=O)Nc1ccc(N2CCCCC2)nc1. The second kappa shape index (κ2) is 6.43. The molecule has 2 heterocycles. The van der Waals surface area contributed by atoms with Gasteiger partial charge in [-0.2, -0.15) is 0 Å². The maximum atomic E-state index is 12.1. The number of anilines is 2. The molecule has 1 aliphatic rings. The van der Waals surface area contributed by atoms with Gasteiger partial charge in [0.25, 0.3) is 0 Å². The third-order valence-electron chi connectivity index (χ3n) is 3.91. The van der Waals surface area contributed by atoms with Crippen LogP contribution in [0.25, 0.3) is 0 Å². The first-order chi connectivity index (χ1) is 9.88. The van der Waals surface area contributed by atoms with Gasteiger partial charge in [-0.15, -0.1) is 0 Å². The summed E-state index contributed by atoms with van der Waals surface area (Å²) in [7, 11) is 0. The zero-order valence-corrected chi connectivity index (χ0v) is 13.2. The highest BCUT2D eigenvalue weighted by Gasteiger charge is 2.27. The van der Waals surface area contributed by atoms with Gasteiger partial charge < -0.3 is 16.0 Å². The molecule has 0 radical (unpaired) electrons. The van der Waals surface area contributed by atoms with E-state index >= 15 is 0 Å². The zero-order valence-electron chi connectivity index (χ0n) is 13.2. The summed E-state index contributed by atoms with van der Waals surface area (Å²) < 4.78 is 0. The molecule has 1 aliphatic heterocycles. The molecular weight excluding hydrogens is 264 g/mol. The third kappa shape index (κ3) is 4.17. The van der Waals surface area contributed by atoms with Crippen molar-refractivity contribution in [3.63, 3.8) is 0 Å². The number of nitrogens with two attached hydrogens (primary N) is 1. The largest absolute Gasteiger partial charge is 0.357 e. The molecule has 0 saturated carbocycles. The van der Waals surface area contributed by atoms with Crippen molar-refractivity contribution < 1.29 is 4.79 Å². The van der Waals surface area contributed by atoms with Gasteiger partial charge in [0, 0.05) is 13.1 Å². The number of nitrogens with zero attached hydrogens (tertiary/aromatic N) is 2. The van der Waals surface area contributed by atoms with Gasteiger partial charge in [-0.05, 0) is 36.8 Å². The minimum absolute atomic E-state index is 0.171. The summed E-state index contributed by atoms with van der Waals surface area (Å²) in [5, 5.41) is 2.83. The number of amides is 1.